The molecule has 59 valence electrons. The molecule has 12 heavy (non-hydrogen) atoms. The van der Waals surface area contributed by atoms with Crippen LogP contribution < -0.4 is 4.99 Å². The molecular formula is C10H9NO+. The number of aliphatic imine (C=N–C) groups is 1. The van der Waals surface area contributed by atoms with Gasteiger partial charge in [-0.15, -0.1) is 0 Å². The fourth-order valence-corrected chi connectivity index (χ4v) is 1.30. The van der Waals surface area contributed by atoms with Crippen LogP contribution in [0.1, 0.15) is 11.1 Å². The minimum atomic E-state index is 0.246. The Bertz CT molecular complexity index is 341. The van der Waals surface area contributed by atoms with E-state index < -0.39 is 0 Å². The Morgan fingerprint density at radius 1 is 1.33 bits per heavy atom. The first kappa shape index (κ1) is 7.10. The van der Waals surface area contributed by atoms with Crippen molar-refractivity contribution in [2.45, 2.75) is 6.92 Å². The molecule has 1 aliphatic rings. The fraction of sp³-hybridized carbons (Fsp3) is 0.100. The van der Waals surface area contributed by atoms with Gasteiger partial charge in [-0.05, 0) is 24.6 Å². The summed E-state index contributed by atoms with van der Waals surface area (Å²) in [5.74, 6) is 0.246. The summed E-state index contributed by atoms with van der Waals surface area (Å²) in [6, 6.07) is 3.56. The SMILES string of the molecule is Cc1ccc(O)c2c1C=CC=[N+]2. The summed E-state index contributed by atoms with van der Waals surface area (Å²) >= 11 is 0. The van der Waals surface area contributed by atoms with Crippen molar-refractivity contribution in [1.29, 1.82) is 0 Å². The second-order valence-electron chi connectivity index (χ2n) is 2.80. The first-order valence-corrected chi connectivity index (χ1v) is 3.82. The van der Waals surface area contributed by atoms with Crippen LogP contribution >= 0.6 is 0 Å². The van der Waals surface area contributed by atoms with Crippen molar-refractivity contribution in [3.63, 3.8) is 0 Å². The predicted molar refractivity (Wildman–Crippen MR) is 49.7 cm³/mol. The van der Waals surface area contributed by atoms with Crippen LogP contribution in [0.4, 0.5) is 5.69 Å². The van der Waals surface area contributed by atoms with Crippen LogP contribution in [-0.2, 0) is 0 Å². The number of benzene rings is 1. The second-order valence-corrected chi connectivity index (χ2v) is 2.80. The average Bonchev–Trinajstić information content (AvgIpc) is 2.12. The van der Waals surface area contributed by atoms with Crippen molar-refractivity contribution in [2.75, 3.05) is 0 Å². The first-order valence-electron chi connectivity index (χ1n) is 3.82. The van der Waals surface area contributed by atoms with E-state index >= 15 is 0 Å². The zero-order chi connectivity index (χ0) is 8.55. The van der Waals surface area contributed by atoms with Gasteiger partial charge in [0.05, 0.1) is 10.6 Å². The summed E-state index contributed by atoms with van der Waals surface area (Å²) in [5, 5.41) is 9.43. The highest BCUT2D eigenvalue weighted by Crippen LogP contribution is 2.30. The van der Waals surface area contributed by atoms with E-state index in [0.29, 0.717) is 5.69 Å². The van der Waals surface area contributed by atoms with Gasteiger partial charge in [-0.1, -0.05) is 6.07 Å². The van der Waals surface area contributed by atoms with E-state index in [1.54, 1.807) is 12.3 Å². The Labute approximate surface area is 70.9 Å². The maximum Gasteiger partial charge on any atom is 0.325 e. The molecule has 0 saturated carbocycles. The van der Waals surface area contributed by atoms with Crippen molar-refractivity contribution >= 4 is 18.0 Å². The minimum absolute atomic E-state index is 0.246. The number of allylic oxidation sites excluding steroid dienone is 1. The molecule has 0 spiro atoms. The van der Waals surface area contributed by atoms with Crippen LogP contribution in [0.15, 0.2) is 18.2 Å². The summed E-state index contributed by atoms with van der Waals surface area (Å²) in [6.07, 6.45) is 5.51. The number of fused-ring (bicyclic) bond motifs is 1. The molecule has 0 fully saturated rings. The predicted octanol–water partition coefficient (Wildman–Crippen LogP) is 1.77. The van der Waals surface area contributed by atoms with E-state index in [4.69, 9.17) is 0 Å². The lowest BCUT2D eigenvalue weighted by Gasteiger charge is -2.00. The maximum absolute atomic E-state index is 9.43. The van der Waals surface area contributed by atoms with E-state index in [1.807, 2.05) is 25.1 Å². The zero-order valence-corrected chi connectivity index (χ0v) is 6.78. The smallest absolute Gasteiger partial charge is 0.325 e. The molecule has 2 rings (SSSR count). The van der Waals surface area contributed by atoms with E-state index in [9.17, 15) is 5.11 Å². The van der Waals surface area contributed by atoms with Crippen LogP contribution in [0, 0.1) is 6.92 Å². The number of phenolic OH excluding ortho intramolecular Hbond substituents is 1. The monoisotopic (exact) mass is 159 g/mol. The molecule has 0 aliphatic carbocycles. The van der Waals surface area contributed by atoms with Gasteiger partial charge in [-0.25, -0.2) is 0 Å². The van der Waals surface area contributed by atoms with Crippen LogP contribution in [0.5, 0.6) is 5.75 Å². The molecule has 2 heteroatoms. The summed E-state index contributed by atoms with van der Waals surface area (Å²) in [6.45, 7) is 2.00. The Hall–Kier alpha value is -1.57. The molecule has 1 aliphatic heterocycles. The molecule has 1 radical (unpaired) electrons. The van der Waals surface area contributed by atoms with Gasteiger partial charge in [0.1, 0.15) is 0 Å². The number of rotatable bonds is 0. The van der Waals surface area contributed by atoms with Crippen molar-refractivity contribution in [3.05, 3.63) is 29.3 Å². The van der Waals surface area contributed by atoms with Gasteiger partial charge in [0.15, 0.2) is 5.75 Å². The molecule has 0 atom stereocenters. The molecule has 2 nitrogen and oxygen atoms in total. The number of hydrogen-bond acceptors (Lipinski definition) is 2. The second kappa shape index (κ2) is 2.48. The lowest BCUT2D eigenvalue weighted by atomic mass is 10.0. The third-order valence-electron chi connectivity index (χ3n) is 1.97. The van der Waals surface area contributed by atoms with E-state index in [0.717, 1.165) is 11.1 Å². The van der Waals surface area contributed by atoms with Gasteiger partial charge < -0.3 is 5.11 Å². The maximum atomic E-state index is 9.43. The lowest BCUT2D eigenvalue weighted by Crippen LogP contribution is -1.94. The zero-order valence-electron chi connectivity index (χ0n) is 6.78. The molecule has 0 aromatic heterocycles. The van der Waals surface area contributed by atoms with Crippen LogP contribution in [0.25, 0.3) is 6.08 Å². The summed E-state index contributed by atoms with van der Waals surface area (Å²) in [5.41, 5.74) is 2.82. The summed E-state index contributed by atoms with van der Waals surface area (Å²) in [4.78, 5) is 4.09. The standard InChI is InChI=1S/C10H9NO/c1-7-4-5-9(12)10-8(7)3-2-6-11-10/h2-6,12H,1H3/q+1. The van der Waals surface area contributed by atoms with Gasteiger partial charge in [0, 0.05) is 6.08 Å². The van der Waals surface area contributed by atoms with Gasteiger partial charge >= 0.3 is 5.69 Å². The van der Waals surface area contributed by atoms with Crippen molar-refractivity contribution < 1.29 is 5.11 Å². The molecule has 0 saturated heterocycles. The van der Waals surface area contributed by atoms with Gasteiger partial charge in [-0.2, -0.15) is 0 Å². The number of aromatic hydroxyl groups is 1. The highest BCUT2D eigenvalue weighted by atomic mass is 16.3. The molecular weight excluding hydrogens is 150 g/mol. The summed E-state index contributed by atoms with van der Waals surface area (Å²) in [7, 11) is 0. The van der Waals surface area contributed by atoms with Crippen molar-refractivity contribution in [2.24, 2.45) is 0 Å². The van der Waals surface area contributed by atoms with Gasteiger partial charge in [0.25, 0.3) is 0 Å². The number of hydrogen-bond donors (Lipinski definition) is 1. The summed E-state index contributed by atoms with van der Waals surface area (Å²) < 4.78 is 0. The van der Waals surface area contributed by atoms with E-state index in [-0.39, 0.29) is 5.75 Å². The molecule has 1 heterocycles. The van der Waals surface area contributed by atoms with Crippen molar-refractivity contribution in [1.82, 2.24) is 4.99 Å². The van der Waals surface area contributed by atoms with Crippen LogP contribution in [0.3, 0.4) is 0 Å². The molecule has 0 unspecified atom stereocenters. The van der Waals surface area contributed by atoms with Crippen LogP contribution in [0.2, 0.25) is 0 Å². The number of phenols is 1. The van der Waals surface area contributed by atoms with Crippen molar-refractivity contribution in [3.8, 4) is 5.75 Å². The Kier molecular flexibility index (Phi) is 1.47. The van der Waals surface area contributed by atoms with Gasteiger partial charge in [0.2, 0.25) is 6.21 Å². The van der Waals surface area contributed by atoms with Gasteiger partial charge in [-0.3, -0.25) is 0 Å². The molecule has 0 amide bonds. The van der Waals surface area contributed by atoms with E-state index in [2.05, 4.69) is 4.99 Å². The van der Waals surface area contributed by atoms with Crippen LogP contribution in [-0.4, -0.2) is 11.3 Å². The Morgan fingerprint density at radius 3 is 2.92 bits per heavy atom. The number of aryl methyl sites for hydroxylation is 1. The molecule has 1 aromatic rings. The topological polar surface area (TPSA) is 34.3 Å². The first-order chi connectivity index (χ1) is 5.79. The molecule has 0 bridgehead atoms. The normalized spacial score (nSPS) is 13.1. The fourth-order valence-electron chi connectivity index (χ4n) is 1.30. The minimum Gasteiger partial charge on any atom is -0.502 e. The third-order valence-corrected chi connectivity index (χ3v) is 1.97. The number of nitrogens with zero attached hydrogens (tertiary/aromatic N) is 1. The largest absolute Gasteiger partial charge is 0.502 e. The molecule has 1 N–H and O–H groups in total. The highest BCUT2D eigenvalue weighted by molar-refractivity contribution is 5.88. The quantitative estimate of drug-likeness (QED) is 0.615. The third kappa shape index (κ3) is 0.925. The average molecular weight is 159 g/mol. The van der Waals surface area contributed by atoms with E-state index in [1.165, 1.54) is 0 Å². The lowest BCUT2D eigenvalue weighted by molar-refractivity contribution is 0.475. The highest BCUT2D eigenvalue weighted by Gasteiger charge is 2.18. The Balaban J connectivity index is 2.75. The Morgan fingerprint density at radius 2 is 2.17 bits per heavy atom. The molecule has 1 aromatic carbocycles.